The molecule has 1 aromatic carbocycles. The number of carbonyl (C=O) groups excluding carboxylic acids is 1. The second kappa shape index (κ2) is 11.0. The molecular weight excluding hydrogens is 412 g/mol. The number of hydrogen-bond acceptors (Lipinski definition) is 5. The summed E-state index contributed by atoms with van der Waals surface area (Å²) in [5, 5.41) is 8.76. The van der Waals surface area contributed by atoms with Gasteiger partial charge in [0, 0.05) is 38.0 Å². The van der Waals surface area contributed by atoms with Gasteiger partial charge in [0.2, 0.25) is 5.91 Å². The lowest BCUT2D eigenvalue weighted by atomic mass is 9.98. The maximum Gasteiger partial charge on any atom is 0.222 e. The van der Waals surface area contributed by atoms with Crippen LogP contribution in [0, 0.1) is 0 Å². The van der Waals surface area contributed by atoms with Crippen molar-refractivity contribution >= 4 is 23.2 Å². The van der Waals surface area contributed by atoms with E-state index in [2.05, 4.69) is 34.0 Å². The molecule has 1 aliphatic heterocycles. The molecule has 1 aromatic heterocycles. The van der Waals surface area contributed by atoms with Crippen molar-refractivity contribution in [3.63, 3.8) is 0 Å². The van der Waals surface area contributed by atoms with Gasteiger partial charge in [-0.3, -0.25) is 9.79 Å². The van der Waals surface area contributed by atoms with Crippen molar-refractivity contribution in [2.24, 2.45) is 4.99 Å². The van der Waals surface area contributed by atoms with Crippen LogP contribution in [0.1, 0.15) is 41.8 Å². The highest BCUT2D eigenvalue weighted by Crippen LogP contribution is 2.33. The van der Waals surface area contributed by atoms with E-state index < -0.39 is 0 Å². The first-order valence-electron chi connectivity index (χ1n) is 10.6. The number of nitrogens with one attached hydrogen (secondary N) is 2. The van der Waals surface area contributed by atoms with Gasteiger partial charge >= 0.3 is 0 Å². The SMILES string of the molecule is CN=C(NCCCC(=O)N1CCc2cc(OC)c(OC)cc2C1)NC(C)c1cccs1. The largest absolute Gasteiger partial charge is 0.493 e. The molecule has 0 saturated heterocycles. The van der Waals surface area contributed by atoms with Crippen LogP contribution in [0.15, 0.2) is 34.6 Å². The van der Waals surface area contributed by atoms with E-state index in [9.17, 15) is 4.79 Å². The number of carbonyl (C=O) groups is 1. The molecule has 3 rings (SSSR count). The topological polar surface area (TPSA) is 75.2 Å². The number of amides is 1. The fourth-order valence-corrected chi connectivity index (χ4v) is 4.44. The van der Waals surface area contributed by atoms with Crippen LogP contribution in [-0.4, -0.2) is 51.1 Å². The molecule has 168 valence electrons. The Morgan fingerprint density at radius 2 is 2.00 bits per heavy atom. The zero-order chi connectivity index (χ0) is 22.2. The van der Waals surface area contributed by atoms with Gasteiger partial charge in [-0.25, -0.2) is 0 Å². The first kappa shape index (κ1) is 22.9. The number of nitrogens with zero attached hydrogens (tertiary/aromatic N) is 2. The van der Waals surface area contributed by atoms with Crippen molar-refractivity contribution in [1.82, 2.24) is 15.5 Å². The third-order valence-electron chi connectivity index (χ3n) is 5.48. The molecule has 31 heavy (non-hydrogen) atoms. The predicted octanol–water partition coefficient (Wildman–Crippen LogP) is 3.36. The number of ether oxygens (including phenoxy) is 2. The Kier molecular flexibility index (Phi) is 8.17. The summed E-state index contributed by atoms with van der Waals surface area (Å²) in [6.07, 6.45) is 2.09. The summed E-state index contributed by atoms with van der Waals surface area (Å²) in [7, 11) is 5.03. The summed E-state index contributed by atoms with van der Waals surface area (Å²) in [5.74, 6) is 2.37. The lowest BCUT2D eigenvalue weighted by molar-refractivity contribution is -0.132. The van der Waals surface area contributed by atoms with Crippen molar-refractivity contribution in [2.75, 3.05) is 34.4 Å². The highest BCUT2D eigenvalue weighted by Gasteiger charge is 2.22. The number of thiophene rings is 1. The van der Waals surface area contributed by atoms with Gasteiger partial charge in [-0.2, -0.15) is 0 Å². The zero-order valence-corrected chi connectivity index (χ0v) is 19.6. The van der Waals surface area contributed by atoms with Gasteiger partial charge in [0.05, 0.1) is 20.3 Å². The first-order chi connectivity index (χ1) is 15.0. The van der Waals surface area contributed by atoms with Gasteiger partial charge in [0.15, 0.2) is 17.5 Å². The van der Waals surface area contributed by atoms with E-state index >= 15 is 0 Å². The molecular formula is C23H32N4O3S. The predicted molar refractivity (Wildman–Crippen MR) is 125 cm³/mol. The minimum absolute atomic E-state index is 0.178. The molecule has 2 heterocycles. The molecule has 7 nitrogen and oxygen atoms in total. The zero-order valence-electron chi connectivity index (χ0n) is 18.7. The van der Waals surface area contributed by atoms with Crippen LogP contribution in [-0.2, 0) is 17.8 Å². The quantitative estimate of drug-likeness (QED) is 0.371. The maximum absolute atomic E-state index is 12.7. The van der Waals surface area contributed by atoms with Gasteiger partial charge in [-0.1, -0.05) is 6.07 Å². The highest BCUT2D eigenvalue weighted by atomic mass is 32.1. The van der Waals surface area contributed by atoms with Crippen molar-refractivity contribution < 1.29 is 14.3 Å². The number of benzene rings is 1. The van der Waals surface area contributed by atoms with Crippen LogP contribution in [0.5, 0.6) is 11.5 Å². The summed E-state index contributed by atoms with van der Waals surface area (Å²) < 4.78 is 10.8. The van der Waals surface area contributed by atoms with E-state index in [1.54, 1.807) is 32.6 Å². The number of fused-ring (bicyclic) bond motifs is 1. The molecule has 2 aromatic rings. The molecule has 0 bridgehead atoms. The molecule has 0 spiro atoms. The van der Waals surface area contributed by atoms with E-state index in [1.165, 1.54) is 10.4 Å². The van der Waals surface area contributed by atoms with Crippen LogP contribution in [0.2, 0.25) is 0 Å². The fourth-order valence-electron chi connectivity index (χ4n) is 3.71. The Labute approximate surface area is 188 Å². The molecule has 2 N–H and O–H groups in total. The van der Waals surface area contributed by atoms with Crippen LogP contribution < -0.4 is 20.1 Å². The van der Waals surface area contributed by atoms with E-state index in [1.807, 2.05) is 23.1 Å². The molecule has 0 saturated carbocycles. The summed E-state index contributed by atoms with van der Waals surface area (Å²) in [6, 6.07) is 8.36. The fraction of sp³-hybridized carbons (Fsp3) is 0.478. The monoisotopic (exact) mass is 444 g/mol. The first-order valence-corrected chi connectivity index (χ1v) is 11.5. The summed E-state index contributed by atoms with van der Waals surface area (Å²) >= 11 is 1.72. The van der Waals surface area contributed by atoms with Crippen LogP contribution in [0.25, 0.3) is 0 Å². The number of hydrogen-bond donors (Lipinski definition) is 2. The van der Waals surface area contributed by atoms with Crippen molar-refractivity contribution in [2.45, 2.75) is 38.8 Å². The molecule has 1 unspecified atom stereocenters. The molecule has 0 radical (unpaired) electrons. The molecule has 1 atom stereocenters. The van der Waals surface area contributed by atoms with Crippen LogP contribution in [0.3, 0.4) is 0 Å². The van der Waals surface area contributed by atoms with Crippen molar-refractivity contribution in [1.29, 1.82) is 0 Å². The summed E-state index contributed by atoms with van der Waals surface area (Å²) in [5.41, 5.74) is 2.35. The number of aliphatic imine (C=N–C) groups is 1. The number of methoxy groups -OCH3 is 2. The van der Waals surface area contributed by atoms with Gasteiger partial charge in [-0.05, 0) is 54.5 Å². The van der Waals surface area contributed by atoms with Crippen LogP contribution >= 0.6 is 11.3 Å². The molecule has 1 aliphatic rings. The average Bonchev–Trinajstić information content (AvgIpc) is 3.34. The smallest absolute Gasteiger partial charge is 0.222 e. The second-order valence-electron chi connectivity index (χ2n) is 7.53. The average molecular weight is 445 g/mol. The Morgan fingerprint density at radius 3 is 2.65 bits per heavy atom. The van der Waals surface area contributed by atoms with Crippen molar-refractivity contribution in [3.8, 4) is 11.5 Å². The lowest BCUT2D eigenvalue weighted by Gasteiger charge is -2.29. The molecule has 0 aliphatic carbocycles. The molecule has 0 fully saturated rings. The standard InChI is InChI=1S/C23H32N4O3S/c1-16(21-7-6-12-31-21)26-23(24-2)25-10-5-8-22(28)27-11-9-17-13-19(29-3)20(30-4)14-18(17)15-27/h6-7,12-14,16H,5,8-11,15H2,1-4H3,(H2,24,25,26). The Morgan fingerprint density at radius 1 is 1.26 bits per heavy atom. The molecule has 1 amide bonds. The Hall–Kier alpha value is -2.74. The Bertz CT molecular complexity index is 898. The van der Waals surface area contributed by atoms with E-state index in [4.69, 9.17) is 9.47 Å². The lowest BCUT2D eigenvalue weighted by Crippen LogP contribution is -2.39. The minimum atomic E-state index is 0.178. The van der Waals surface area contributed by atoms with E-state index in [-0.39, 0.29) is 11.9 Å². The third-order valence-corrected chi connectivity index (χ3v) is 6.53. The number of rotatable bonds is 8. The molecule has 8 heteroatoms. The Balaban J connectivity index is 1.45. The second-order valence-corrected chi connectivity index (χ2v) is 8.50. The van der Waals surface area contributed by atoms with E-state index in [0.29, 0.717) is 25.3 Å². The minimum Gasteiger partial charge on any atom is -0.493 e. The van der Waals surface area contributed by atoms with Crippen LogP contribution in [0.4, 0.5) is 0 Å². The third kappa shape index (κ3) is 5.91. The highest BCUT2D eigenvalue weighted by molar-refractivity contribution is 7.10. The van der Waals surface area contributed by atoms with Crippen molar-refractivity contribution in [3.05, 3.63) is 45.6 Å². The normalized spacial score (nSPS) is 14.6. The summed E-state index contributed by atoms with van der Waals surface area (Å²) in [6.45, 7) is 4.15. The van der Waals surface area contributed by atoms with Gasteiger partial charge in [0.25, 0.3) is 0 Å². The maximum atomic E-state index is 12.7. The number of guanidine groups is 1. The van der Waals surface area contributed by atoms with Gasteiger partial charge in [-0.15, -0.1) is 11.3 Å². The van der Waals surface area contributed by atoms with Gasteiger partial charge in [0.1, 0.15) is 0 Å². The summed E-state index contributed by atoms with van der Waals surface area (Å²) in [4.78, 5) is 20.2. The van der Waals surface area contributed by atoms with E-state index in [0.717, 1.165) is 36.7 Å². The van der Waals surface area contributed by atoms with Gasteiger partial charge < -0.3 is 25.0 Å².